The van der Waals surface area contributed by atoms with Gasteiger partial charge < -0.3 is 10.2 Å². The molecule has 0 unspecified atom stereocenters. The van der Waals surface area contributed by atoms with Crippen LogP contribution in [0.4, 0.5) is 0 Å². The zero-order chi connectivity index (χ0) is 16.2. The van der Waals surface area contributed by atoms with E-state index < -0.39 is 0 Å². The highest BCUT2D eigenvalue weighted by Crippen LogP contribution is 2.31. The van der Waals surface area contributed by atoms with Crippen molar-refractivity contribution in [3.63, 3.8) is 0 Å². The Balaban J connectivity index is 1.93. The number of aromatic hydroxyl groups is 2. The average molecular weight is 306 g/mol. The summed E-state index contributed by atoms with van der Waals surface area (Å²) in [7, 11) is 0. The first-order valence-electron chi connectivity index (χ1n) is 7.67. The average Bonchev–Trinajstić information content (AvgIpc) is 2.55. The molecule has 0 radical (unpaired) electrons. The van der Waals surface area contributed by atoms with E-state index in [0.717, 1.165) is 6.42 Å². The van der Waals surface area contributed by atoms with E-state index in [9.17, 15) is 15.0 Å². The first kappa shape index (κ1) is 15.1. The molecule has 0 bridgehead atoms. The Morgan fingerprint density at radius 2 is 1.17 bits per heavy atom. The van der Waals surface area contributed by atoms with Gasteiger partial charge >= 0.3 is 0 Å². The van der Waals surface area contributed by atoms with Crippen LogP contribution in [0.15, 0.2) is 59.7 Å². The largest absolute Gasteiger partial charge is 0.507 e. The van der Waals surface area contributed by atoms with Gasteiger partial charge in [-0.1, -0.05) is 36.4 Å². The summed E-state index contributed by atoms with van der Waals surface area (Å²) in [6.07, 6.45) is 5.80. The third kappa shape index (κ3) is 3.34. The maximum Gasteiger partial charge on any atom is 0.185 e. The third-order valence-corrected chi connectivity index (χ3v) is 4.01. The van der Waals surface area contributed by atoms with Crippen LogP contribution in [0.5, 0.6) is 11.5 Å². The zero-order valence-electron chi connectivity index (χ0n) is 12.7. The summed E-state index contributed by atoms with van der Waals surface area (Å²) in [6.45, 7) is 0. The lowest BCUT2D eigenvalue weighted by Gasteiger charge is -2.17. The number of hydrogen-bond donors (Lipinski definition) is 2. The number of benzene rings is 2. The lowest BCUT2D eigenvalue weighted by Crippen LogP contribution is -2.12. The first-order valence-corrected chi connectivity index (χ1v) is 7.67. The summed E-state index contributed by atoms with van der Waals surface area (Å²) >= 11 is 0. The molecule has 1 aliphatic carbocycles. The molecule has 2 N–H and O–H groups in total. The number of carbonyl (C=O) groups is 1. The Kier molecular flexibility index (Phi) is 4.29. The van der Waals surface area contributed by atoms with Crippen molar-refractivity contribution in [2.45, 2.75) is 19.3 Å². The molecule has 3 heteroatoms. The third-order valence-electron chi connectivity index (χ3n) is 4.01. The van der Waals surface area contributed by atoms with Gasteiger partial charge in [-0.25, -0.2) is 0 Å². The molecule has 2 aromatic rings. The minimum absolute atomic E-state index is 0.0113. The first-order chi connectivity index (χ1) is 11.1. The van der Waals surface area contributed by atoms with Gasteiger partial charge in [-0.15, -0.1) is 0 Å². The molecule has 2 aromatic carbocycles. The molecule has 0 heterocycles. The number of rotatable bonds is 2. The quantitative estimate of drug-likeness (QED) is 0.812. The van der Waals surface area contributed by atoms with Crippen LogP contribution in [-0.4, -0.2) is 16.0 Å². The van der Waals surface area contributed by atoms with Crippen LogP contribution in [-0.2, 0) is 4.79 Å². The predicted octanol–water partition coefficient (Wildman–Crippen LogP) is 4.32. The molecule has 0 aliphatic heterocycles. The molecule has 23 heavy (non-hydrogen) atoms. The van der Waals surface area contributed by atoms with Gasteiger partial charge in [0.05, 0.1) is 0 Å². The predicted molar refractivity (Wildman–Crippen MR) is 91.0 cm³/mol. The second-order valence-corrected chi connectivity index (χ2v) is 5.64. The van der Waals surface area contributed by atoms with Crippen molar-refractivity contribution < 1.29 is 15.0 Å². The lowest BCUT2D eigenvalue weighted by molar-refractivity contribution is -0.112. The van der Waals surface area contributed by atoms with Gasteiger partial charge in [-0.05, 0) is 43.5 Å². The van der Waals surface area contributed by atoms with Crippen molar-refractivity contribution >= 4 is 17.9 Å². The van der Waals surface area contributed by atoms with Crippen molar-refractivity contribution in [2.24, 2.45) is 0 Å². The maximum absolute atomic E-state index is 12.7. The topological polar surface area (TPSA) is 57.5 Å². The van der Waals surface area contributed by atoms with Crippen LogP contribution < -0.4 is 0 Å². The van der Waals surface area contributed by atoms with E-state index in [1.807, 2.05) is 12.1 Å². The van der Waals surface area contributed by atoms with Crippen molar-refractivity contribution in [3.05, 3.63) is 70.8 Å². The highest BCUT2D eigenvalue weighted by molar-refractivity contribution is 6.14. The minimum Gasteiger partial charge on any atom is -0.507 e. The fourth-order valence-electron chi connectivity index (χ4n) is 2.77. The van der Waals surface area contributed by atoms with E-state index in [0.29, 0.717) is 35.1 Å². The lowest BCUT2D eigenvalue weighted by atomic mass is 9.86. The molecular formula is C20H18O3. The van der Waals surface area contributed by atoms with Crippen LogP contribution in [0, 0.1) is 0 Å². The number of Topliss-reactive ketones (excluding diaryl/α,β-unsaturated/α-hetero) is 1. The Hall–Kier alpha value is -2.81. The molecule has 116 valence electrons. The Labute approximate surface area is 135 Å². The molecule has 0 aromatic heterocycles. The van der Waals surface area contributed by atoms with Gasteiger partial charge in [0, 0.05) is 22.3 Å². The van der Waals surface area contributed by atoms with Crippen molar-refractivity contribution in [1.82, 2.24) is 0 Å². The van der Waals surface area contributed by atoms with Gasteiger partial charge in [0.15, 0.2) is 5.78 Å². The van der Waals surface area contributed by atoms with Crippen LogP contribution in [0.1, 0.15) is 30.4 Å². The molecule has 3 nitrogen and oxygen atoms in total. The van der Waals surface area contributed by atoms with E-state index >= 15 is 0 Å². The fraction of sp³-hybridized carbons (Fsp3) is 0.150. The smallest absolute Gasteiger partial charge is 0.185 e. The molecule has 3 rings (SSSR count). The van der Waals surface area contributed by atoms with Crippen LogP contribution in [0.3, 0.4) is 0 Å². The van der Waals surface area contributed by atoms with E-state index in [1.54, 1.807) is 48.6 Å². The second kappa shape index (κ2) is 6.53. The molecule has 1 saturated carbocycles. The highest BCUT2D eigenvalue weighted by atomic mass is 16.3. The van der Waals surface area contributed by atoms with Crippen molar-refractivity contribution in [1.29, 1.82) is 0 Å². The van der Waals surface area contributed by atoms with E-state index in [1.165, 1.54) is 0 Å². The van der Waals surface area contributed by atoms with Gasteiger partial charge in [-0.2, -0.15) is 0 Å². The summed E-state index contributed by atoms with van der Waals surface area (Å²) in [5.74, 6) is 0.331. The summed E-state index contributed by atoms with van der Waals surface area (Å²) < 4.78 is 0. The number of phenols is 2. The Morgan fingerprint density at radius 3 is 1.61 bits per heavy atom. The molecule has 0 spiro atoms. The van der Waals surface area contributed by atoms with Crippen LogP contribution >= 0.6 is 0 Å². The molecule has 1 fully saturated rings. The SMILES string of the molecule is O=C1/C(=C/c2ccccc2O)CCC/C1=C\c1ccccc1O. The minimum atomic E-state index is -0.0113. The van der Waals surface area contributed by atoms with E-state index in [-0.39, 0.29) is 17.3 Å². The maximum atomic E-state index is 12.7. The normalized spacial score (nSPS) is 18.5. The highest BCUT2D eigenvalue weighted by Gasteiger charge is 2.21. The summed E-state index contributed by atoms with van der Waals surface area (Å²) in [6, 6.07) is 14.0. The molecule has 1 aliphatic rings. The Bertz CT molecular complexity index is 735. The number of allylic oxidation sites excluding steroid dienone is 2. The zero-order valence-corrected chi connectivity index (χ0v) is 12.7. The van der Waals surface area contributed by atoms with E-state index in [2.05, 4.69) is 0 Å². The number of para-hydroxylation sites is 2. The van der Waals surface area contributed by atoms with Gasteiger partial charge in [0.1, 0.15) is 11.5 Å². The summed E-state index contributed by atoms with van der Waals surface area (Å²) in [5, 5.41) is 19.7. The van der Waals surface area contributed by atoms with Crippen molar-refractivity contribution in [3.8, 4) is 11.5 Å². The number of hydrogen-bond acceptors (Lipinski definition) is 3. The number of carbonyl (C=O) groups excluding carboxylic acids is 1. The summed E-state index contributed by atoms with van der Waals surface area (Å²) in [4.78, 5) is 12.7. The fourth-order valence-corrected chi connectivity index (χ4v) is 2.77. The number of phenolic OH excluding ortho intramolecular Hbond substituents is 2. The van der Waals surface area contributed by atoms with Gasteiger partial charge in [0.2, 0.25) is 0 Å². The monoisotopic (exact) mass is 306 g/mol. The molecule has 0 atom stereocenters. The second-order valence-electron chi connectivity index (χ2n) is 5.64. The Morgan fingerprint density at radius 1 is 0.739 bits per heavy atom. The molecular weight excluding hydrogens is 288 g/mol. The van der Waals surface area contributed by atoms with Gasteiger partial charge in [0.25, 0.3) is 0 Å². The van der Waals surface area contributed by atoms with E-state index in [4.69, 9.17) is 0 Å². The van der Waals surface area contributed by atoms with Gasteiger partial charge in [-0.3, -0.25) is 4.79 Å². The number of ketones is 1. The summed E-state index contributed by atoms with van der Waals surface area (Å²) in [5.41, 5.74) is 2.69. The van der Waals surface area contributed by atoms with Crippen molar-refractivity contribution in [2.75, 3.05) is 0 Å². The van der Waals surface area contributed by atoms with Crippen LogP contribution in [0.25, 0.3) is 12.2 Å². The molecule has 0 saturated heterocycles. The van der Waals surface area contributed by atoms with Crippen LogP contribution in [0.2, 0.25) is 0 Å². The molecule has 0 amide bonds. The standard InChI is InChI=1S/C20H18O3/c21-18-10-3-1-6-14(18)12-16-8-5-9-17(20(16)23)13-15-7-2-4-11-19(15)22/h1-4,6-7,10-13,21-22H,5,8-9H2/b16-12+,17-13+.